The van der Waals surface area contributed by atoms with E-state index >= 15 is 0 Å². The molecule has 68 heavy (non-hydrogen) atoms. The van der Waals surface area contributed by atoms with Crippen molar-refractivity contribution >= 4 is 36.1 Å². The number of carbonyl (C=O) groups is 6. The van der Waals surface area contributed by atoms with E-state index in [0.29, 0.717) is 51.4 Å². The molecule has 16 nitrogen and oxygen atoms in total. The third-order valence-electron chi connectivity index (χ3n) is 11.9. The van der Waals surface area contributed by atoms with Crippen LogP contribution in [-0.4, -0.2) is 137 Å². The molecular formula is C52H90N4O12. The summed E-state index contributed by atoms with van der Waals surface area (Å²) in [6.07, 6.45) is 24.3. The number of ether oxygens (including phenoxy) is 6. The van der Waals surface area contributed by atoms with E-state index in [9.17, 15) is 28.8 Å². The van der Waals surface area contributed by atoms with Crippen molar-refractivity contribution in [3.05, 3.63) is 24.3 Å². The van der Waals surface area contributed by atoms with Crippen molar-refractivity contribution < 1.29 is 57.2 Å². The maximum Gasteiger partial charge on any atom is 0.408 e. The highest BCUT2D eigenvalue weighted by Gasteiger charge is 2.43. The van der Waals surface area contributed by atoms with Crippen LogP contribution >= 0.6 is 0 Å². The van der Waals surface area contributed by atoms with E-state index in [1.54, 1.807) is 0 Å². The second kappa shape index (κ2) is 41.8. The Balaban J connectivity index is 1.97. The fraction of sp³-hybridized carbons (Fsp3) is 0.808. The topological polar surface area (TPSA) is 188 Å². The smallest absolute Gasteiger partial charge is 0.408 e. The van der Waals surface area contributed by atoms with E-state index in [4.69, 9.17) is 28.4 Å². The Hall–Kier alpha value is -4.18. The number of allylic oxidation sites excluding steroid dienone is 2. The molecule has 0 aromatic carbocycles. The summed E-state index contributed by atoms with van der Waals surface area (Å²) < 4.78 is 32.7. The number of hydrogen-bond donors (Lipinski definition) is 2. The van der Waals surface area contributed by atoms with Gasteiger partial charge < -0.3 is 48.9 Å². The van der Waals surface area contributed by atoms with Crippen molar-refractivity contribution in [3.63, 3.8) is 0 Å². The zero-order chi connectivity index (χ0) is 49.1. The van der Waals surface area contributed by atoms with E-state index in [-0.39, 0.29) is 64.3 Å². The Morgan fingerprint density at radius 1 is 0.456 bits per heavy atom. The van der Waals surface area contributed by atoms with Gasteiger partial charge in [-0.1, -0.05) is 76.7 Å². The number of carbonyl (C=O) groups excluding carboxylic acids is 6. The summed E-state index contributed by atoms with van der Waals surface area (Å²) >= 11 is 0. The number of rotatable bonds is 41. The molecule has 2 unspecified atom stereocenters. The van der Waals surface area contributed by atoms with E-state index in [0.717, 1.165) is 77.8 Å². The first-order chi connectivity index (χ1) is 33.2. The number of likely N-dealkylation sites (tertiary alicyclic amines) is 2. The molecule has 2 amide bonds. The van der Waals surface area contributed by atoms with Crippen LogP contribution in [0.4, 0.5) is 9.59 Å². The van der Waals surface area contributed by atoms with Gasteiger partial charge in [0.15, 0.2) is 0 Å². The van der Waals surface area contributed by atoms with Gasteiger partial charge in [0.2, 0.25) is 12.2 Å². The van der Waals surface area contributed by atoms with Crippen molar-refractivity contribution in [2.75, 3.05) is 78.8 Å². The van der Waals surface area contributed by atoms with Gasteiger partial charge in [-0.05, 0) is 155 Å². The number of esters is 4. The summed E-state index contributed by atoms with van der Waals surface area (Å²) in [5.41, 5.74) is 0. The maximum absolute atomic E-state index is 13.7. The molecule has 390 valence electrons. The zero-order valence-electron chi connectivity index (χ0n) is 42.1. The molecule has 2 heterocycles. The summed E-state index contributed by atoms with van der Waals surface area (Å²) in [5.74, 6) is -2.79. The molecule has 0 aromatic heterocycles. The molecule has 16 heteroatoms. The molecular weight excluding hydrogens is 873 g/mol. The van der Waals surface area contributed by atoms with Gasteiger partial charge >= 0.3 is 36.1 Å². The molecule has 0 bridgehead atoms. The van der Waals surface area contributed by atoms with Gasteiger partial charge in [-0.2, -0.15) is 0 Å². The molecule has 2 fully saturated rings. The fourth-order valence-corrected chi connectivity index (χ4v) is 7.88. The van der Waals surface area contributed by atoms with Crippen molar-refractivity contribution in [2.24, 2.45) is 0 Å². The van der Waals surface area contributed by atoms with Gasteiger partial charge in [0.05, 0.1) is 13.2 Å². The average molecular weight is 963 g/mol. The van der Waals surface area contributed by atoms with Crippen LogP contribution < -0.4 is 10.6 Å². The quantitative estimate of drug-likeness (QED) is 0.0255. The predicted molar refractivity (Wildman–Crippen MR) is 263 cm³/mol. The number of nitrogens with zero attached hydrogens (tertiary/aromatic N) is 2. The number of hydrogen-bond acceptors (Lipinski definition) is 14. The highest BCUT2D eigenvalue weighted by molar-refractivity contribution is 5.89. The predicted octanol–water partition coefficient (Wildman–Crippen LogP) is 9.27. The summed E-state index contributed by atoms with van der Waals surface area (Å²) in [4.78, 5) is 82.9. The lowest BCUT2D eigenvalue weighted by Gasteiger charge is -2.24. The van der Waals surface area contributed by atoms with E-state index in [1.807, 2.05) is 24.3 Å². The summed E-state index contributed by atoms with van der Waals surface area (Å²) in [6, 6.07) is 0. The third kappa shape index (κ3) is 32.5. The molecule has 2 rings (SSSR count). The molecule has 2 aliphatic rings. The molecule has 2 aliphatic heterocycles. The lowest BCUT2D eigenvalue weighted by Crippen LogP contribution is -2.50. The third-order valence-corrected chi connectivity index (χ3v) is 11.9. The molecule has 0 saturated carbocycles. The van der Waals surface area contributed by atoms with E-state index in [2.05, 4.69) is 34.3 Å². The minimum atomic E-state index is -1.97. The standard InChI is InChI=1S/C52H90N4O12/c1-3-5-7-9-11-13-27-41-63-45(57)31-17-15-29-43-65-49(59)47(67-51(61)53-33-19-21-35-55-37-23-24-38-55)48(68-52(62)54-34-20-22-36-56-39-25-26-40-56)50(60)66-44-30-16-18-32-46(58)64-42-28-14-12-10-8-6-4-2/h13-14,27-28,47-48H,3-12,15-26,29-44H2,1-2H3,(H,53,61)(H,54,62)/b27-13-,28-14-. The van der Waals surface area contributed by atoms with Gasteiger partial charge in [0.1, 0.15) is 13.2 Å². The van der Waals surface area contributed by atoms with Gasteiger partial charge in [-0.3, -0.25) is 9.59 Å². The minimum absolute atomic E-state index is 0.102. The first-order valence-electron chi connectivity index (χ1n) is 26.5. The van der Waals surface area contributed by atoms with Crippen LogP contribution in [0.15, 0.2) is 24.3 Å². The Labute approximate surface area is 408 Å². The number of nitrogens with one attached hydrogen (secondary N) is 2. The highest BCUT2D eigenvalue weighted by Crippen LogP contribution is 2.15. The van der Waals surface area contributed by atoms with Crippen LogP contribution in [0, 0.1) is 0 Å². The van der Waals surface area contributed by atoms with Crippen LogP contribution in [0.3, 0.4) is 0 Å². The van der Waals surface area contributed by atoms with Crippen molar-refractivity contribution in [1.82, 2.24) is 20.4 Å². The Kier molecular flexibility index (Phi) is 36.8. The van der Waals surface area contributed by atoms with Crippen LogP contribution in [0.2, 0.25) is 0 Å². The normalized spacial score (nSPS) is 15.0. The van der Waals surface area contributed by atoms with Gasteiger partial charge in [0.25, 0.3) is 0 Å². The van der Waals surface area contributed by atoms with Crippen molar-refractivity contribution in [1.29, 1.82) is 0 Å². The first-order valence-corrected chi connectivity index (χ1v) is 26.5. The van der Waals surface area contributed by atoms with E-state index in [1.165, 1.54) is 64.2 Å². The molecule has 0 spiro atoms. The van der Waals surface area contributed by atoms with Crippen molar-refractivity contribution in [3.8, 4) is 0 Å². The number of unbranched alkanes of at least 4 members (excludes halogenated alkanes) is 14. The van der Waals surface area contributed by atoms with Gasteiger partial charge in [0, 0.05) is 25.9 Å². The molecule has 2 N–H and O–H groups in total. The van der Waals surface area contributed by atoms with Crippen LogP contribution in [-0.2, 0) is 47.6 Å². The SMILES string of the molecule is CCCCCC/C=C\COC(=O)CCCCCOC(=O)C(OC(=O)NCCCCN1CCCC1)C(OC(=O)NCCCCN1CCCC1)C(=O)OCCCCCC(=O)OC/C=C\CCCCCC. The van der Waals surface area contributed by atoms with E-state index < -0.39 is 36.3 Å². The fourth-order valence-electron chi connectivity index (χ4n) is 7.88. The summed E-state index contributed by atoms with van der Waals surface area (Å²) in [7, 11) is 0. The maximum atomic E-state index is 13.7. The van der Waals surface area contributed by atoms with Crippen molar-refractivity contribution in [2.45, 2.75) is 193 Å². The van der Waals surface area contributed by atoms with Crippen LogP contribution in [0.5, 0.6) is 0 Å². The average Bonchev–Trinajstić information content (AvgIpc) is 4.06. The lowest BCUT2D eigenvalue weighted by atomic mass is 10.1. The van der Waals surface area contributed by atoms with Gasteiger partial charge in [-0.25, -0.2) is 19.2 Å². The zero-order valence-corrected chi connectivity index (χ0v) is 42.1. The van der Waals surface area contributed by atoms with Gasteiger partial charge in [-0.15, -0.1) is 0 Å². The monoisotopic (exact) mass is 963 g/mol. The lowest BCUT2D eigenvalue weighted by molar-refractivity contribution is -0.173. The molecule has 0 aromatic rings. The Bertz CT molecular complexity index is 1310. The molecule has 2 atom stereocenters. The Morgan fingerprint density at radius 2 is 0.853 bits per heavy atom. The second-order valence-electron chi connectivity index (χ2n) is 18.0. The number of amides is 2. The molecule has 0 radical (unpaired) electrons. The second-order valence-corrected chi connectivity index (χ2v) is 18.0. The van der Waals surface area contributed by atoms with Crippen LogP contribution in [0.25, 0.3) is 0 Å². The molecule has 2 saturated heterocycles. The highest BCUT2D eigenvalue weighted by atomic mass is 16.6. The Morgan fingerprint density at radius 3 is 1.25 bits per heavy atom. The first kappa shape index (κ1) is 59.9. The number of alkyl carbamates (subject to hydrolysis) is 2. The molecule has 0 aliphatic carbocycles. The van der Waals surface area contributed by atoms with Crippen LogP contribution in [0.1, 0.15) is 181 Å². The summed E-state index contributed by atoms with van der Waals surface area (Å²) in [6.45, 7) is 11.2. The minimum Gasteiger partial charge on any atom is -0.463 e. The largest absolute Gasteiger partial charge is 0.463 e. The summed E-state index contributed by atoms with van der Waals surface area (Å²) in [5, 5.41) is 5.30.